The normalized spacial score (nSPS) is 24.1. The molecule has 0 unspecified atom stereocenters. The Balaban J connectivity index is 1.47. The second kappa shape index (κ2) is 7.42. The van der Waals surface area contributed by atoms with Crippen molar-refractivity contribution in [1.29, 1.82) is 0 Å². The van der Waals surface area contributed by atoms with Gasteiger partial charge in [-0.1, -0.05) is 43.3 Å². The number of benzene rings is 1. The molecule has 0 spiro atoms. The van der Waals surface area contributed by atoms with Gasteiger partial charge in [0.2, 0.25) is 0 Å². The molecule has 2 aromatic rings. The summed E-state index contributed by atoms with van der Waals surface area (Å²) in [6, 6.07) is 9.96. The zero-order valence-electron chi connectivity index (χ0n) is 13.5. The number of carbonyl (C=O) groups excluding carboxylic acids is 1. The Labute approximate surface area is 140 Å². The molecular weight excluding hydrogens is 308 g/mol. The van der Waals surface area contributed by atoms with Crippen molar-refractivity contribution in [1.82, 2.24) is 9.55 Å². The van der Waals surface area contributed by atoms with Gasteiger partial charge in [0.1, 0.15) is 12.9 Å². The van der Waals surface area contributed by atoms with Gasteiger partial charge in [-0.25, -0.2) is 14.3 Å². The van der Waals surface area contributed by atoms with E-state index in [-0.39, 0.29) is 18.3 Å². The van der Waals surface area contributed by atoms with Gasteiger partial charge < -0.3 is 14.2 Å². The Morgan fingerprint density at radius 2 is 2.12 bits per heavy atom. The summed E-state index contributed by atoms with van der Waals surface area (Å²) in [6.45, 7) is 3.09. The highest BCUT2D eigenvalue weighted by molar-refractivity contribution is 5.69. The summed E-state index contributed by atoms with van der Waals surface area (Å²) in [4.78, 5) is 15.6. The van der Waals surface area contributed by atoms with E-state index in [1.807, 2.05) is 49.4 Å². The van der Waals surface area contributed by atoms with Crippen LogP contribution in [0.1, 0.15) is 12.5 Å². The summed E-state index contributed by atoms with van der Waals surface area (Å²) < 4.78 is 18.0. The third-order valence-corrected chi connectivity index (χ3v) is 3.70. The number of ether oxygens (including phenoxy) is 3. The van der Waals surface area contributed by atoms with E-state index in [0.29, 0.717) is 13.2 Å². The van der Waals surface area contributed by atoms with E-state index in [1.165, 1.54) is 17.1 Å². The Morgan fingerprint density at radius 3 is 2.79 bits per heavy atom. The van der Waals surface area contributed by atoms with Gasteiger partial charge in [-0.05, 0) is 11.6 Å². The number of rotatable bonds is 4. The fourth-order valence-electron chi connectivity index (χ4n) is 2.28. The van der Waals surface area contributed by atoms with Crippen LogP contribution in [0.15, 0.2) is 55.1 Å². The molecule has 24 heavy (non-hydrogen) atoms. The van der Waals surface area contributed by atoms with E-state index in [0.717, 1.165) is 5.56 Å². The summed E-state index contributed by atoms with van der Waals surface area (Å²) in [6.07, 6.45) is 7.48. The third-order valence-electron chi connectivity index (χ3n) is 3.70. The smallest absolute Gasteiger partial charge is 0.419 e. The molecule has 2 heterocycles. The molecule has 0 N–H and O–H groups in total. The fraction of sp³-hybridized carbons (Fsp3) is 0.333. The first-order valence-electron chi connectivity index (χ1n) is 7.76. The molecule has 1 fully saturated rings. The number of hydrogen-bond acceptors (Lipinski definition) is 5. The van der Waals surface area contributed by atoms with Crippen LogP contribution in [0.25, 0.3) is 6.08 Å². The summed E-state index contributed by atoms with van der Waals surface area (Å²) in [5, 5.41) is 0. The largest absolute Gasteiger partial charge is 0.448 e. The number of imidazole rings is 1. The Hall–Kier alpha value is -2.44. The Kier molecular flexibility index (Phi) is 5.08. The van der Waals surface area contributed by atoms with Crippen LogP contribution in [0.5, 0.6) is 0 Å². The van der Waals surface area contributed by atoms with Crippen molar-refractivity contribution in [3.63, 3.8) is 0 Å². The maximum atomic E-state index is 11.8. The third kappa shape index (κ3) is 4.31. The molecule has 1 aliphatic heterocycles. The van der Waals surface area contributed by atoms with E-state index in [9.17, 15) is 4.79 Å². The SMILES string of the molecule is CC1(COC(=O)n2ccnc2)COC(/C=C/c2ccccc2)OC1. The molecular formula is C18H20N2O4. The summed E-state index contributed by atoms with van der Waals surface area (Å²) in [5.41, 5.74) is 0.722. The highest BCUT2D eigenvalue weighted by Crippen LogP contribution is 2.25. The maximum absolute atomic E-state index is 11.8. The van der Waals surface area contributed by atoms with E-state index >= 15 is 0 Å². The lowest BCUT2D eigenvalue weighted by molar-refractivity contribution is -0.209. The predicted octanol–water partition coefficient (Wildman–Crippen LogP) is 2.96. The molecule has 0 bridgehead atoms. The van der Waals surface area contributed by atoms with Crippen LogP contribution in [0.3, 0.4) is 0 Å². The lowest BCUT2D eigenvalue weighted by atomic mass is 9.93. The molecule has 0 radical (unpaired) electrons. The fourth-order valence-corrected chi connectivity index (χ4v) is 2.28. The first-order chi connectivity index (χ1) is 11.6. The zero-order chi connectivity index (χ0) is 16.8. The van der Waals surface area contributed by atoms with Crippen LogP contribution in [-0.4, -0.2) is 41.8 Å². The average molecular weight is 328 g/mol. The maximum Gasteiger partial charge on any atom is 0.419 e. The quantitative estimate of drug-likeness (QED) is 0.863. The minimum Gasteiger partial charge on any atom is -0.448 e. The summed E-state index contributed by atoms with van der Waals surface area (Å²) in [5.74, 6) is 0. The number of hydrogen-bond donors (Lipinski definition) is 0. The average Bonchev–Trinajstić information content (AvgIpc) is 3.15. The highest BCUT2D eigenvalue weighted by atomic mass is 16.7. The van der Waals surface area contributed by atoms with E-state index in [2.05, 4.69) is 4.98 Å². The van der Waals surface area contributed by atoms with Crippen LogP contribution in [0.4, 0.5) is 4.79 Å². The highest BCUT2D eigenvalue weighted by Gasteiger charge is 2.33. The zero-order valence-corrected chi connectivity index (χ0v) is 13.5. The van der Waals surface area contributed by atoms with Gasteiger partial charge in [0, 0.05) is 17.8 Å². The minimum atomic E-state index is -0.458. The predicted molar refractivity (Wildman–Crippen MR) is 88.2 cm³/mol. The number of nitrogens with zero attached hydrogens (tertiary/aromatic N) is 2. The van der Waals surface area contributed by atoms with Crippen molar-refractivity contribution in [2.45, 2.75) is 13.2 Å². The van der Waals surface area contributed by atoms with E-state index < -0.39 is 6.09 Å². The summed E-state index contributed by atoms with van der Waals surface area (Å²) >= 11 is 0. The van der Waals surface area contributed by atoms with Gasteiger partial charge in [0.25, 0.3) is 0 Å². The van der Waals surface area contributed by atoms with Gasteiger partial charge in [0.05, 0.1) is 13.2 Å². The molecule has 0 aliphatic carbocycles. The van der Waals surface area contributed by atoms with Crippen molar-refractivity contribution in [2.24, 2.45) is 5.41 Å². The van der Waals surface area contributed by atoms with Gasteiger partial charge in [-0.2, -0.15) is 0 Å². The van der Waals surface area contributed by atoms with Gasteiger partial charge in [0.15, 0.2) is 6.29 Å². The molecule has 1 aliphatic rings. The lowest BCUT2D eigenvalue weighted by Crippen LogP contribution is -2.42. The minimum absolute atomic E-state index is 0.221. The molecule has 126 valence electrons. The molecule has 0 amide bonds. The van der Waals surface area contributed by atoms with Crippen molar-refractivity contribution in [2.75, 3.05) is 19.8 Å². The van der Waals surface area contributed by atoms with Gasteiger partial charge >= 0.3 is 6.09 Å². The van der Waals surface area contributed by atoms with Crippen LogP contribution in [0.2, 0.25) is 0 Å². The molecule has 6 heteroatoms. The first kappa shape index (κ1) is 16.4. The van der Waals surface area contributed by atoms with E-state index in [4.69, 9.17) is 14.2 Å². The molecule has 0 atom stereocenters. The van der Waals surface area contributed by atoms with E-state index in [1.54, 1.807) is 6.20 Å². The standard InChI is InChI=1S/C18H20N2O4/c1-18(13-24-17(21)20-10-9-19-14-20)11-22-16(23-12-18)8-7-15-5-3-2-4-6-15/h2-10,14,16H,11-13H2,1H3/b8-7+. The van der Waals surface area contributed by atoms with Crippen LogP contribution in [-0.2, 0) is 14.2 Å². The number of aromatic nitrogens is 2. The van der Waals surface area contributed by atoms with Crippen molar-refractivity contribution in [3.8, 4) is 0 Å². The molecule has 0 saturated carbocycles. The van der Waals surface area contributed by atoms with Crippen molar-refractivity contribution < 1.29 is 19.0 Å². The second-order valence-corrected chi connectivity index (χ2v) is 6.10. The number of carbonyl (C=O) groups is 1. The van der Waals surface area contributed by atoms with Gasteiger partial charge in [-0.3, -0.25) is 0 Å². The lowest BCUT2D eigenvalue weighted by Gasteiger charge is -2.35. The summed E-state index contributed by atoms with van der Waals surface area (Å²) in [7, 11) is 0. The molecule has 3 rings (SSSR count). The Morgan fingerprint density at radius 1 is 1.38 bits per heavy atom. The molecule has 1 saturated heterocycles. The van der Waals surface area contributed by atoms with Crippen molar-refractivity contribution in [3.05, 3.63) is 60.7 Å². The monoisotopic (exact) mass is 328 g/mol. The van der Waals surface area contributed by atoms with Crippen LogP contribution in [0, 0.1) is 5.41 Å². The molecule has 1 aromatic heterocycles. The second-order valence-electron chi connectivity index (χ2n) is 6.10. The molecule has 1 aromatic carbocycles. The molecule has 6 nitrogen and oxygen atoms in total. The Bertz CT molecular complexity index is 674. The van der Waals surface area contributed by atoms with Crippen molar-refractivity contribution >= 4 is 12.2 Å². The first-order valence-corrected chi connectivity index (χ1v) is 7.76. The topological polar surface area (TPSA) is 62.6 Å². The van der Waals surface area contributed by atoms with Gasteiger partial charge in [-0.15, -0.1) is 0 Å². The van der Waals surface area contributed by atoms with Crippen LogP contribution < -0.4 is 0 Å². The van der Waals surface area contributed by atoms with Crippen LogP contribution >= 0.6 is 0 Å².